The molecule has 0 bridgehead atoms. The van der Waals surface area contributed by atoms with E-state index in [9.17, 15) is 4.79 Å². The van der Waals surface area contributed by atoms with E-state index in [1.54, 1.807) is 17.2 Å². The van der Waals surface area contributed by atoms with Crippen LogP contribution in [0.2, 0.25) is 0 Å². The molecule has 19 heavy (non-hydrogen) atoms. The minimum atomic E-state index is -0.107. The van der Waals surface area contributed by atoms with Gasteiger partial charge in [0.15, 0.2) is 0 Å². The molecular formula is C13H15N5O. The number of aryl methyl sites for hydroxylation is 1. The normalized spacial score (nSPS) is 15.7. The van der Waals surface area contributed by atoms with Crippen LogP contribution in [0.4, 0.5) is 0 Å². The van der Waals surface area contributed by atoms with Gasteiger partial charge in [0.1, 0.15) is 12.2 Å². The van der Waals surface area contributed by atoms with Gasteiger partial charge in [-0.15, -0.1) is 0 Å². The van der Waals surface area contributed by atoms with Gasteiger partial charge in [0, 0.05) is 12.7 Å². The smallest absolute Gasteiger partial charge is 0.256 e. The number of amides is 1. The Morgan fingerprint density at radius 1 is 1.42 bits per heavy atom. The van der Waals surface area contributed by atoms with Gasteiger partial charge in [0.2, 0.25) is 0 Å². The Labute approximate surface area is 111 Å². The summed E-state index contributed by atoms with van der Waals surface area (Å²) < 4.78 is 1.81. The molecule has 2 aromatic heterocycles. The predicted octanol–water partition coefficient (Wildman–Crippen LogP) is 1.41. The van der Waals surface area contributed by atoms with Gasteiger partial charge in [0.05, 0.1) is 23.8 Å². The number of hydrogen-bond donors (Lipinski definition) is 0. The van der Waals surface area contributed by atoms with E-state index in [0.29, 0.717) is 12.1 Å². The lowest BCUT2D eigenvalue weighted by Crippen LogP contribution is -2.29. The Bertz CT molecular complexity index is 621. The summed E-state index contributed by atoms with van der Waals surface area (Å²) in [5.41, 5.74) is 1.53. The highest BCUT2D eigenvalue weighted by Gasteiger charge is 2.33. The second kappa shape index (κ2) is 4.46. The molecule has 1 atom stereocenters. The van der Waals surface area contributed by atoms with Crippen molar-refractivity contribution in [3.05, 3.63) is 41.7 Å². The van der Waals surface area contributed by atoms with Crippen LogP contribution in [0, 0.1) is 0 Å². The Kier molecular flexibility index (Phi) is 2.77. The van der Waals surface area contributed by atoms with Crippen LogP contribution in [0.3, 0.4) is 0 Å². The molecule has 3 heterocycles. The van der Waals surface area contributed by atoms with Crippen molar-refractivity contribution in [2.24, 2.45) is 0 Å². The molecule has 1 aliphatic rings. The molecule has 0 N–H and O–H groups in total. The number of fused-ring (bicyclic) bond motifs is 1. The Morgan fingerprint density at radius 3 is 3.00 bits per heavy atom. The topological polar surface area (TPSA) is 63.9 Å². The van der Waals surface area contributed by atoms with Gasteiger partial charge < -0.3 is 4.90 Å². The van der Waals surface area contributed by atoms with Gasteiger partial charge in [-0.25, -0.2) is 9.67 Å². The average Bonchev–Trinajstić information content (AvgIpc) is 3.03. The number of carbonyl (C=O) groups is 1. The summed E-state index contributed by atoms with van der Waals surface area (Å²) in [7, 11) is 0. The molecule has 0 unspecified atom stereocenters. The van der Waals surface area contributed by atoms with Gasteiger partial charge in [-0.05, 0) is 26.0 Å². The molecule has 0 fully saturated rings. The molecule has 1 amide bonds. The van der Waals surface area contributed by atoms with E-state index in [-0.39, 0.29) is 11.9 Å². The molecule has 6 nitrogen and oxygen atoms in total. The number of aromatic nitrogens is 4. The Balaban J connectivity index is 1.91. The molecule has 0 aliphatic carbocycles. The minimum Gasteiger partial charge on any atom is -0.323 e. The fourth-order valence-corrected chi connectivity index (χ4v) is 2.44. The average molecular weight is 257 g/mol. The lowest BCUT2D eigenvalue weighted by molar-refractivity contribution is 0.0704. The van der Waals surface area contributed by atoms with Crippen LogP contribution >= 0.6 is 0 Å². The van der Waals surface area contributed by atoms with Gasteiger partial charge in [-0.1, -0.05) is 0 Å². The van der Waals surface area contributed by atoms with Crippen molar-refractivity contribution in [2.75, 3.05) is 0 Å². The van der Waals surface area contributed by atoms with E-state index in [1.807, 2.05) is 24.6 Å². The summed E-state index contributed by atoms with van der Waals surface area (Å²) in [5, 5.41) is 4.15. The van der Waals surface area contributed by atoms with Crippen LogP contribution in [0.25, 0.3) is 0 Å². The van der Waals surface area contributed by atoms with E-state index in [1.165, 1.54) is 6.33 Å². The standard InChI is InChI=1S/C13H15N5O/c1-3-18-12(15-8-16-18)9(2)17-7-11-10(13(17)19)5-4-6-14-11/h4-6,8-9H,3,7H2,1-2H3/t9-/m1/s1. The number of carbonyl (C=O) groups excluding carboxylic acids is 1. The van der Waals surface area contributed by atoms with Crippen molar-refractivity contribution in [1.82, 2.24) is 24.6 Å². The summed E-state index contributed by atoms with van der Waals surface area (Å²) in [4.78, 5) is 22.7. The highest BCUT2D eigenvalue weighted by atomic mass is 16.2. The fraction of sp³-hybridized carbons (Fsp3) is 0.385. The van der Waals surface area contributed by atoms with E-state index >= 15 is 0 Å². The number of rotatable bonds is 3. The lowest BCUT2D eigenvalue weighted by atomic mass is 10.2. The minimum absolute atomic E-state index is 0.0150. The SMILES string of the molecule is CCn1ncnc1[C@@H](C)N1Cc2ncccc2C1=O. The van der Waals surface area contributed by atoms with Gasteiger partial charge >= 0.3 is 0 Å². The zero-order chi connectivity index (χ0) is 13.4. The zero-order valence-corrected chi connectivity index (χ0v) is 10.9. The first kappa shape index (κ1) is 11.8. The summed E-state index contributed by atoms with van der Waals surface area (Å²) >= 11 is 0. The summed E-state index contributed by atoms with van der Waals surface area (Å²) in [6.07, 6.45) is 3.25. The maximum Gasteiger partial charge on any atom is 0.256 e. The van der Waals surface area contributed by atoms with Crippen molar-refractivity contribution < 1.29 is 4.79 Å². The van der Waals surface area contributed by atoms with Crippen LogP contribution in [-0.4, -0.2) is 30.6 Å². The van der Waals surface area contributed by atoms with E-state index in [2.05, 4.69) is 15.1 Å². The van der Waals surface area contributed by atoms with E-state index in [4.69, 9.17) is 0 Å². The first-order valence-electron chi connectivity index (χ1n) is 6.35. The Hall–Kier alpha value is -2.24. The quantitative estimate of drug-likeness (QED) is 0.834. The third-order valence-electron chi connectivity index (χ3n) is 3.49. The summed E-state index contributed by atoms with van der Waals surface area (Å²) in [6, 6.07) is 3.51. The molecule has 0 spiro atoms. The highest BCUT2D eigenvalue weighted by Crippen LogP contribution is 2.28. The fourth-order valence-electron chi connectivity index (χ4n) is 2.44. The van der Waals surface area contributed by atoms with Gasteiger partial charge in [0.25, 0.3) is 5.91 Å². The monoisotopic (exact) mass is 257 g/mol. The largest absolute Gasteiger partial charge is 0.323 e. The van der Waals surface area contributed by atoms with E-state index in [0.717, 1.165) is 18.1 Å². The maximum absolute atomic E-state index is 12.4. The summed E-state index contributed by atoms with van der Waals surface area (Å²) in [5.74, 6) is 0.824. The predicted molar refractivity (Wildman–Crippen MR) is 68.2 cm³/mol. The van der Waals surface area contributed by atoms with Crippen molar-refractivity contribution in [3.63, 3.8) is 0 Å². The van der Waals surface area contributed by atoms with Crippen molar-refractivity contribution in [1.29, 1.82) is 0 Å². The molecule has 3 rings (SSSR count). The molecule has 0 radical (unpaired) electrons. The number of nitrogens with zero attached hydrogens (tertiary/aromatic N) is 5. The van der Waals surface area contributed by atoms with Crippen molar-refractivity contribution in [2.45, 2.75) is 33.0 Å². The van der Waals surface area contributed by atoms with Gasteiger partial charge in [-0.3, -0.25) is 9.78 Å². The van der Waals surface area contributed by atoms with Crippen LogP contribution in [0.1, 0.15) is 41.8 Å². The molecule has 98 valence electrons. The maximum atomic E-state index is 12.4. The number of pyridine rings is 1. The first-order valence-corrected chi connectivity index (χ1v) is 6.35. The molecule has 6 heteroatoms. The first-order chi connectivity index (χ1) is 9.22. The highest BCUT2D eigenvalue weighted by molar-refractivity contribution is 5.97. The van der Waals surface area contributed by atoms with Crippen LogP contribution in [0.5, 0.6) is 0 Å². The van der Waals surface area contributed by atoms with Crippen molar-refractivity contribution >= 4 is 5.91 Å². The second-order valence-corrected chi connectivity index (χ2v) is 4.54. The van der Waals surface area contributed by atoms with E-state index < -0.39 is 0 Å². The molecule has 0 saturated carbocycles. The zero-order valence-electron chi connectivity index (χ0n) is 10.9. The van der Waals surface area contributed by atoms with Crippen LogP contribution in [-0.2, 0) is 13.1 Å². The molecule has 1 aliphatic heterocycles. The van der Waals surface area contributed by atoms with Crippen LogP contribution in [0.15, 0.2) is 24.7 Å². The molecule has 0 saturated heterocycles. The third-order valence-corrected chi connectivity index (χ3v) is 3.49. The third kappa shape index (κ3) is 1.80. The van der Waals surface area contributed by atoms with Crippen molar-refractivity contribution in [3.8, 4) is 0 Å². The Morgan fingerprint density at radius 2 is 2.26 bits per heavy atom. The van der Waals surface area contributed by atoms with Crippen LogP contribution < -0.4 is 0 Å². The molecule has 0 aromatic carbocycles. The lowest BCUT2D eigenvalue weighted by Gasteiger charge is -2.23. The second-order valence-electron chi connectivity index (χ2n) is 4.54. The number of hydrogen-bond acceptors (Lipinski definition) is 4. The molecular weight excluding hydrogens is 242 g/mol. The summed E-state index contributed by atoms with van der Waals surface area (Å²) in [6.45, 7) is 5.26. The molecule has 2 aromatic rings. The van der Waals surface area contributed by atoms with Gasteiger partial charge in [-0.2, -0.15) is 5.10 Å².